The second-order valence-corrected chi connectivity index (χ2v) is 4.65. The van der Waals surface area contributed by atoms with Gasteiger partial charge in [-0.05, 0) is 36.8 Å². The van der Waals surface area contributed by atoms with Crippen molar-refractivity contribution >= 4 is 34.6 Å². The van der Waals surface area contributed by atoms with Crippen molar-refractivity contribution in [3.8, 4) is 6.07 Å². The number of anilines is 2. The van der Waals surface area contributed by atoms with Crippen LogP contribution in [0.15, 0.2) is 36.4 Å². The summed E-state index contributed by atoms with van der Waals surface area (Å²) in [6.07, 6.45) is 0. The summed E-state index contributed by atoms with van der Waals surface area (Å²) >= 11 is 12.3. The Morgan fingerprint density at radius 2 is 1.89 bits per heavy atom. The lowest BCUT2D eigenvalue weighted by Gasteiger charge is -2.11. The van der Waals surface area contributed by atoms with Crippen LogP contribution in [-0.4, -0.2) is 0 Å². The molecule has 0 heterocycles. The summed E-state index contributed by atoms with van der Waals surface area (Å²) in [6.45, 7) is 1.94. The van der Waals surface area contributed by atoms with E-state index in [4.69, 9.17) is 28.5 Å². The maximum atomic E-state index is 8.77. The van der Waals surface area contributed by atoms with E-state index < -0.39 is 0 Å². The molecular weight excluding hydrogens is 267 g/mol. The average molecular weight is 277 g/mol. The Balaban J connectivity index is 2.35. The van der Waals surface area contributed by atoms with Crippen LogP contribution in [0.1, 0.15) is 11.1 Å². The van der Waals surface area contributed by atoms with E-state index in [0.29, 0.717) is 15.6 Å². The lowest BCUT2D eigenvalue weighted by molar-refractivity contribution is 1.44. The lowest BCUT2D eigenvalue weighted by Crippen LogP contribution is -1.93. The maximum Gasteiger partial charge on any atom is 0.0992 e. The Hall–Kier alpha value is -1.69. The predicted octanol–water partition coefficient (Wildman–Crippen LogP) is 4.92. The number of benzene rings is 2. The molecule has 0 fully saturated rings. The Bertz CT molecular complexity index is 630. The smallest absolute Gasteiger partial charge is 0.0992 e. The zero-order valence-electron chi connectivity index (χ0n) is 9.67. The van der Waals surface area contributed by atoms with Gasteiger partial charge in [0.05, 0.1) is 33.1 Å². The molecule has 4 heteroatoms. The molecule has 1 N–H and O–H groups in total. The molecule has 0 aliphatic heterocycles. The summed E-state index contributed by atoms with van der Waals surface area (Å²) in [7, 11) is 0. The van der Waals surface area contributed by atoms with Gasteiger partial charge in [0.25, 0.3) is 0 Å². The van der Waals surface area contributed by atoms with Crippen LogP contribution in [0.5, 0.6) is 0 Å². The van der Waals surface area contributed by atoms with Gasteiger partial charge in [-0.1, -0.05) is 35.3 Å². The third kappa shape index (κ3) is 2.59. The van der Waals surface area contributed by atoms with Gasteiger partial charge in [0, 0.05) is 0 Å². The van der Waals surface area contributed by atoms with E-state index >= 15 is 0 Å². The normalized spacial score (nSPS) is 9.89. The molecule has 18 heavy (non-hydrogen) atoms. The number of aryl methyl sites for hydroxylation is 1. The first kappa shape index (κ1) is 12.8. The molecule has 0 saturated heterocycles. The molecule has 2 rings (SSSR count). The van der Waals surface area contributed by atoms with E-state index in [1.807, 2.05) is 31.2 Å². The lowest BCUT2D eigenvalue weighted by atomic mass is 10.2. The highest BCUT2D eigenvalue weighted by Crippen LogP contribution is 2.31. The van der Waals surface area contributed by atoms with E-state index in [-0.39, 0.29) is 0 Å². The van der Waals surface area contributed by atoms with Gasteiger partial charge in [-0.15, -0.1) is 0 Å². The van der Waals surface area contributed by atoms with E-state index in [9.17, 15) is 0 Å². The van der Waals surface area contributed by atoms with Crippen molar-refractivity contribution in [2.24, 2.45) is 0 Å². The second-order valence-electron chi connectivity index (χ2n) is 3.87. The monoisotopic (exact) mass is 276 g/mol. The summed E-state index contributed by atoms with van der Waals surface area (Å²) in [5, 5.41) is 13.1. The van der Waals surface area contributed by atoms with Crippen LogP contribution in [-0.2, 0) is 0 Å². The van der Waals surface area contributed by atoms with Crippen molar-refractivity contribution in [1.29, 1.82) is 5.26 Å². The van der Waals surface area contributed by atoms with Crippen LogP contribution in [0, 0.1) is 18.3 Å². The molecule has 2 nitrogen and oxygen atoms in total. The first-order valence-corrected chi connectivity index (χ1v) is 6.09. The van der Waals surface area contributed by atoms with Crippen molar-refractivity contribution in [2.75, 3.05) is 5.32 Å². The van der Waals surface area contributed by atoms with Gasteiger partial charge in [-0.25, -0.2) is 0 Å². The van der Waals surface area contributed by atoms with E-state index in [2.05, 4.69) is 5.32 Å². The molecule has 0 radical (unpaired) electrons. The number of rotatable bonds is 2. The number of nitrogens with one attached hydrogen (secondary N) is 1. The second kappa shape index (κ2) is 5.30. The van der Waals surface area contributed by atoms with E-state index in [1.165, 1.54) is 0 Å². The molecule has 0 aliphatic rings. The van der Waals surface area contributed by atoms with Crippen LogP contribution >= 0.6 is 23.2 Å². The molecule has 0 amide bonds. The molecule has 0 aliphatic carbocycles. The molecular formula is C14H10Cl2N2. The molecule has 0 spiro atoms. The first-order valence-electron chi connectivity index (χ1n) is 5.33. The molecule has 0 atom stereocenters. The largest absolute Gasteiger partial charge is 0.353 e. The summed E-state index contributed by atoms with van der Waals surface area (Å²) in [6, 6.07) is 12.9. The molecule has 2 aromatic rings. The van der Waals surface area contributed by atoms with Crippen LogP contribution in [0.3, 0.4) is 0 Å². The van der Waals surface area contributed by atoms with Gasteiger partial charge in [-0.3, -0.25) is 0 Å². The highest BCUT2D eigenvalue weighted by atomic mass is 35.5. The van der Waals surface area contributed by atoms with Gasteiger partial charge in [0.2, 0.25) is 0 Å². The minimum absolute atomic E-state index is 0.492. The van der Waals surface area contributed by atoms with Crippen LogP contribution in [0.2, 0.25) is 10.0 Å². The Kier molecular flexibility index (Phi) is 3.76. The van der Waals surface area contributed by atoms with Crippen molar-refractivity contribution in [1.82, 2.24) is 0 Å². The van der Waals surface area contributed by atoms with Crippen molar-refractivity contribution < 1.29 is 0 Å². The topological polar surface area (TPSA) is 35.8 Å². The standard InChI is InChI=1S/C14H10Cl2N2/c1-9-3-2-4-13(14(9)16)18-12-6-5-10(8-17)7-11(12)15/h2-7,18H,1H3. The summed E-state index contributed by atoms with van der Waals surface area (Å²) in [4.78, 5) is 0. The minimum atomic E-state index is 0.492. The number of nitrogens with zero attached hydrogens (tertiary/aromatic N) is 1. The van der Waals surface area contributed by atoms with E-state index in [1.54, 1.807) is 18.2 Å². The van der Waals surface area contributed by atoms with Crippen molar-refractivity contribution in [2.45, 2.75) is 6.92 Å². The predicted molar refractivity (Wildman–Crippen MR) is 75.6 cm³/mol. The number of nitriles is 1. The van der Waals surface area contributed by atoms with Crippen LogP contribution < -0.4 is 5.32 Å². The fraction of sp³-hybridized carbons (Fsp3) is 0.0714. The highest BCUT2D eigenvalue weighted by molar-refractivity contribution is 6.35. The molecule has 0 saturated carbocycles. The molecule has 0 aromatic heterocycles. The van der Waals surface area contributed by atoms with Gasteiger partial charge in [0.1, 0.15) is 0 Å². The Labute approximate surface area is 116 Å². The Morgan fingerprint density at radius 3 is 2.56 bits per heavy atom. The summed E-state index contributed by atoms with van der Waals surface area (Å²) in [5.41, 5.74) is 3.04. The van der Waals surface area contributed by atoms with Gasteiger partial charge in [-0.2, -0.15) is 5.26 Å². The van der Waals surface area contributed by atoms with Crippen LogP contribution in [0.25, 0.3) is 0 Å². The summed E-state index contributed by atoms with van der Waals surface area (Å²) in [5.74, 6) is 0. The van der Waals surface area contributed by atoms with E-state index in [0.717, 1.165) is 16.9 Å². The fourth-order valence-electron chi connectivity index (χ4n) is 1.58. The number of hydrogen-bond acceptors (Lipinski definition) is 2. The minimum Gasteiger partial charge on any atom is -0.353 e. The fourth-order valence-corrected chi connectivity index (χ4v) is 1.98. The number of halogens is 2. The number of hydrogen-bond donors (Lipinski definition) is 1. The van der Waals surface area contributed by atoms with Crippen molar-refractivity contribution in [3.05, 3.63) is 57.6 Å². The third-order valence-corrected chi connectivity index (χ3v) is 3.37. The molecule has 0 unspecified atom stereocenters. The SMILES string of the molecule is Cc1cccc(Nc2ccc(C#N)cc2Cl)c1Cl. The molecule has 90 valence electrons. The first-order chi connectivity index (χ1) is 8.61. The maximum absolute atomic E-state index is 8.77. The van der Waals surface area contributed by atoms with Crippen LogP contribution in [0.4, 0.5) is 11.4 Å². The van der Waals surface area contributed by atoms with Gasteiger partial charge in [0.15, 0.2) is 0 Å². The zero-order valence-corrected chi connectivity index (χ0v) is 11.2. The zero-order chi connectivity index (χ0) is 13.1. The Morgan fingerprint density at radius 1 is 1.11 bits per heavy atom. The summed E-state index contributed by atoms with van der Waals surface area (Å²) < 4.78 is 0. The highest BCUT2D eigenvalue weighted by Gasteiger charge is 2.06. The van der Waals surface area contributed by atoms with Crippen molar-refractivity contribution in [3.63, 3.8) is 0 Å². The van der Waals surface area contributed by atoms with Gasteiger partial charge < -0.3 is 5.32 Å². The molecule has 0 bridgehead atoms. The quantitative estimate of drug-likeness (QED) is 0.845. The van der Waals surface area contributed by atoms with Gasteiger partial charge >= 0.3 is 0 Å². The third-order valence-electron chi connectivity index (χ3n) is 2.56. The average Bonchev–Trinajstić information content (AvgIpc) is 2.37. The molecule has 2 aromatic carbocycles.